The second-order valence-electron chi connectivity index (χ2n) is 4.21. The average Bonchev–Trinajstić information content (AvgIpc) is 2.85. The molecule has 0 saturated carbocycles. The van der Waals surface area contributed by atoms with Gasteiger partial charge >= 0.3 is 0 Å². The Balaban J connectivity index is 1.96. The highest BCUT2D eigenvalue weighted by atomic mass is 32.2. The van der Waals surface area contributed by atoms with Crippen molar-refractivity contribution in [3.63, 3.8) is 0 Å². The highest BCUT2D eigenvalue weighted by Gasteiger charge is 2.14. The number of nitrogens with zero attached hydrogens (tertiary/aromatic N) is 1. The molecule has 5 nitrogen and oxygen atoms in total. The fraction of sp³-hybridized carbons (Fsp3) is 0. The van der Waals surface area contributed by atoms with Crippen LogP contribution in [0, 0.1) is 0 Å². The Labute approximate surface area is 120 Å². The molecule has 3 aromatic rings. The predicted octanol–water partition coefficient (Wildman–Crippen LogP) is 2.68. The summed E-state index contributed by atoms with van der Waals surface area (Å²) in [7, 11) is -3.63. The van der Waals surface area contributed by atoms with Gasteiger partial charge in [-0.1, -0.05) is 6.07 Å². The number of nitrogens with two attached hydrogens (primary N) is 1. The number of sulfonamides is 1. The van der Waals surface area contributed by atoms with E-state index in [-0.39, 0.29) is 4.90 Å². The lowest BCUT2D eigenvalue weighted by Crippen LogP contribution is -2.13. The van der Waals surface area contributed by atoms with Gasteiger partial charge in [0.2, 0.25) is 0 Å². The molecule has 0 aliphatic rings. The van der Waals surface area contributed by atoms with Gasteiger partial charge in [0.15, 0.2) is 0 Å². The third-order valence-corrected chi connectivity index (χ3v) is 4.92. The molecule has 0 amide bonds. The van der Waals surface area contributed by atoms with E-state index < -0.39 is 10.0 Å². The number of hydrogen-bond donors (Lipinski definition) is 2. The second-order valence-corrected chi connectivity index (χ2v) is 6.78. The molecule has 0 spiro atoms. The average molecular weight is 305 g/mol. The van der Waals surface area contributed by atoms with Gasteiger partial charge in [-0.05, 0) is 36.4 Å². The molecule has 0 unspecified atom stereocenters. The minimum atomic E-state index is -3.63. The van der Waals surface area contributed by atoms with Crippen molar-refractivity contribution in [3.8, 4) is 0 Å². The van der Waals surface area contributed by atoms with Crippen LogP contribution in [0.5, 0.6) is 0 Å². The predicted molar refractivity (Wildman–Crippen MR) is 81.3 cm³/mol. The third kappa shape index (κ3) is 2.45. The van der Waals surface area contributed by atoms with Crippen molar-refractivity contribution >= 4 is 43.0 Å². The minimum absolute atomic E-state index is 0.141. The topological polar surface area (TPSA) is 85.1 Å². The fourth-order valence-electron chi connectivity index (χ4n) is 1.81. The van der Waals surface area contributed by atoms with E-state index in [1.165, 1.54) is 23.5 Å². The number of hydrogen-bond acceptors (Lipinski definition) is 5. The molecule has 7 heteroatoms. The van der Waals surface area contributed by atoms with E-state index in [2.05, 4.69) is 9.71 Å². The summed E-state index contributed by atoms with van der Waals surface area (Å²) in [6.45, 7) is 0. The molecule has 1 aromatic heterocycles. The maximum Gasteiger partial charge on any atom is 0.261 e. The molecular formula is C13H11N3O2S2. The van der Waals surface area contributed by atoms with Crippen molar-refractivity contribution in [1.29, 1.82) is 0 Å². The molecule has 3 rings (SSSR count). The zero-order chi connectivity index (χ0) is 14.2. The van der Waals surface area contributed by atoms with Gasteiger partial charge in [0.25, 0.3) is 10.0 Å². The maximum atomic E-state index is 12.2. The van der Waals surface area contributed by atoms with E-state index in [4.69, 9.17) is 5.73 Å². The van der Waals surface area contributed by atoms with Crippen molar-refractivity contribution in [2.75, 3.05) is 10.5 Å². The van der Waals surface area contributed by atoms with E-state index in [0.717, 1.165) is 10.2 Å². The molecular weight excluding hydrogens is 294 g/mol. The first kappa shape index (κ1) is 12.9. The molecule has 0 atom stereocenters. The summed E-state index contributed by atoms with van der Waals surface area (Å²) in [6.07, 6.45) is 0. The van der Waals surface area contributed by atoms with E-state index in [9.17, 15) is 8.42 Å². The number of aromatic nitrogens is 1. The first-order valence-electron chi connectivity index (χ1n) is 5.76. The molecule has 0 aliphatic carbocycles. The van der Waals surface area contributed by atoms with Crippen LogP contribution >= 0.6 is 11.3 Å². The van der Waals surface area contributed by atoms with Crippen LogP contribution in [0.25, 0.3) is 10.2 Å². The van der Waals surface area contributed by atoms with Gasteiger partial charge in [-0.25, -0.2) is 13.4 Å². The van der Waals surface area contributed by atoms with Crippen molar-refractivity contribution in [3.05, 3.63) is 48.0 Å². The van der Waals surface area contributed by atoms with Gasteiger partial charge in [-0.2, -0.15) is 0 Å². The fourth-order valence-corrected chi connectivity index (χ4v) is 3.63. The Morgan fingerprint density at radius 3 is 2.80 bits per heavy atom. The third-order valence-electron chi connectivity index (χ3n) is 2.75. The summed E-state index contributed by atoms with van der Waals surface area (Å²) < 4.78 is 28.0. The smallest absolute Gasteiger partial charge is 0.261 e. The van der Waals surface area contributed by atoms with Crippen molar-refractivity contribution < 1.29 is 8.42 Å². The molecule has 0 saturated heterocycles. The summed E-state index contributed by atoms with van der Waals surface area (Å²) >= 11 is 1.46. The Hall–Kier alpha value is -2.12. The monoisotopic (exact) mass is 305 g/mol. The van der Waals surface area contributed by atoms with Gasteiger partial charge in [-0.15, -0.1) is 11.3 Å². The Bertz CT molecular complexity index is 872. The zero-order valence-corrected chi connectivity index (χ0v) is 11.9. The Morgan fingerprint density at radius 2 is 2.00 bits per heavy atom. The number of fused-ring (bicyclic) bond motifs is 1. The van der Waals surface area contributed by atoms with Crippen molar-refractivity contribution in [2.24, 2.45) is 0 Å². The first-order valence-corrected chi connectivity index (χ1v) is 8.12. The molecule has 0 radical (unpaired) electrons. The summed E-state index contributed by atoms with van der Waals surface area (Å²) in [5.41, 5.74) is 9.09. The maximum absolute atomic E-state index is 12.2. The van der Waals surface area contributed by atoms with E-state index in [1.807, 2.05) is 0 Å². The molecule has 102 valence electrons. The van der Waals surface area contributed by atoms with Crippen LogP contribution in [-0.2, 0) is 10.0 Å². The standard InChI is InChI=1S/C13H11N3O2S2/c14-9-2-1-3-11(6-9)20(17,18)16-10-4-5-12-13(7-10)19-8-15-12/h1-8,16H,14H2. The van der Waals surface area contributed by atoms with Crippen LogP contribution in [-0.4, -0.2) is 13.4 Å². The SMILES string of the molecule is Nc1cccc(S(=O)(=O)Nc2ccc3ncsc3c2)c1. The van der Waals surface area contributed by atoms with Crippen LogP contribution in [0.1, 0.15) is 0 Å². The zero-order valence-electron chi connectivity index (χ0n) is 10.3. The molecule has 2 aromatic carbocycles. The Kier molecular flexibility index (Phi) is 3.07. The van der Waals surface area contributed by atoms with Gasteiger partial charge in [-0.3, -0.25) is 4.72 Å². The van der Waals surface area contributed by atoms with Crippen LogP contribution < -0.4 is 10.5 Å². The van der Waals surface area contributed by atoms with Crippen LogP contribution in [0.15, 0.2) is 52.9 Å². The first-order chi connectivity index (χ1) is 9.54. The number of nitrogens with one attached hydrogen (secondary N) is 1. The number of anilines is 2. The van der Waals surface area contributed by atoms with Crippen molar-refractivity contribution in [2.45, 2.75) is 4.90 Å². The molecule has 0 bridgehead atoms. The van der Waals surface area contributed by atoms with E-state index in [1.54, 1.807) is 35.8 Å². The van der Waals surface area contributed by atoms with Crippen LogP contribution in [0.4, 0.5) is 11.4 Å². The summed E-state index contributed by atoms with van der Waals surface area (Å²) in [5.74, 6) is 0. The number of benzene rings is 2. The van der Waals surface area contributed by atoms with Gasteiger partial charge in [0, 0.05) is 5.69 Å². The normalized spacial score (nSPS) is 11.6. The lowest BCUT2D eigenvalue weighted by molar-refractivity contribution is 0.601. The summed E-state index contributed by atoms with van der Waals surface area (Å²) in [4.78, 5) is 4.29. The number of nitrogen functional groups attached to an aromatic ring is 1. The van der Waals surface area contributed by atoms with Gasteiger partial charge < -0.3 is 5.73 Å². The molecule has 0 aliphatic heterocycles. The highest BCUT2D eigenvalue weighted by molar-refractivity contribution is 7.92. The van der Waals surface area contributed by atoms with Crippen LogP contribution in [0.2, 0.25) is 0 Å². The lowest BCUT2D eigenvalue weighted by Gasteiger charge is -2.08. The van der Waals surface area contributed by atoms with Crippen LogP contribution in [0.3, 0.4) is 0 Å². The molecule has 3 N–H and O–H groups in total. The van der Waals surface area contributed by atoms with E-state index in [0.29, 0.717) is 11.4 Å². The number of rotatable bonds is 3. The highest BCUT2D eigenvalue weighted by Crippen LogP contribution is 2.24. The molecule has 0 fully saturated rings. The quantitative estimate of drug-likeness (QED) is 0.729. The second kappa shape index (κ2) is 4.77. The van der Waals surface area contributed by atoms with E-state index >= 15 is 0 Å². The summed E-state index contributed by atoms with van der Waals surface area (Å²) in [5, 5.41) is 0. The minimum Gasteiger partial charge on any atom is -0.399 e. The molecule has 1 heterocycles. The molecule has 20 heavy (non-hydrogen) atoms. The van der Waals surface area contributed by atoms with Gasteiger partial charge in [0.05, 0.1) is 26.3 Å². The Morgan fingerprint density at radius 1 is 1.15 bits per heavy atom. The number of thiazole rings is 1. The summed E-state index contributed by atoms with van der Waals surface area (Å²) in [6, 6.07) is 11.4. The van der Waals surface area contributed by atoms with Crippen molar-refractivity contribution in [1.82, 2.24) is 4.98 Å². The largest absolute Gasteiger partial charge is 0.399 e. The lowest BCUT2D eigenvalue weighted by atomic mass is 10.3. The van der Waals surface area contributed by atoms with Gasteiger partial charge in [0.1, 0.15) is 0 Å².